The Morgan fingerprint density at radius 3 is 2.67 bits per heavy atom. The van der Waals surface area contributed by atoms with Crippen molar-refractivity contribution in [1.29, 1.82) is 0 Å². The molecule has 110 valence electrons. The van der Waals surface area contributed by atoms with E-state index in [0.29, 0.717) is 5.95 Å². The van der Waals surface area contributed by atoms with Gasteiger partial charge in [0.1, 0.15) is 0 Å². The normalized spacial score (nSPS) is 22.4. The largest absolute Gasteiger partial charge is 0.350 e. The minimum Gasteiger partial charge on any atom is -0.350 e. The zero-order valence-electron chi connectivity index (χ0n) is 11.6. The molecular weight excluding hydrogens is 274 g/mol. The van der Waals surface area contributed by atoms with Crippen molar-refractivity contribution in [2.75, 3.05) is 18.9 Å². The van der Waals surface area contributed by atoms with E-state index >= 15 is 0 Å². The molecule has 0 unspecified atom stereocenters. The van der Waals surface area contributed by atoms with Crippen LogP contribution in [0.3, 0.4) is 0 Å². The first-order valence-electron chi connectivity index (χ1n) is 6.84. The van der Waals surface area contributed by atoms with Crippen LogP contribution in [0.1, 0.15) is 18.0 Å². The lowest BCUT2D eigenvalue weighted by atomic mass is 10.00. The van der Waals surface area contributed by atoms with Crippen LogP contribution < -0.4 is 5.32 Å². The molecule has 0 amide bonds. The minimum atomic E-state index is -0.824. The van der Waals surface area contributed by atoms with Crippen molar-refractivity contribution in [3.05, 3.63) is 53.9 Å². The van der Waals surface area contributed by atoms with Crippen LogP contribution in [0.2, 0.25) is 0 Å². The van der Waals surface area contributed by atoms with Gasteiger partial charge < -0.3 is 5.32 Å². The van der Waals surface area contributed by atoms with Crippen molar-refractivity contribution in [2.45, 2.75) is 18.5 Å². The van der Waals surface area contributed by atoms with E-state index in [9.17, 15) is 8.78 Å². The van der Waals surface area contributed by atoms with Crippen LogP contribution in [-0.4, -0.2) is 34.5 Å². The molecule has 1 saturated heterocycles. The predicted molar refractivity (Wildman–Crippen MR) is 75.8 cm³/mol. The summed E-state index contributed by atoms with van der Waals surface area (Å²) in [5.74, 6) is -1.09. The maximum atomic E-state index is 13.5. The third kappa shape index (κ3) is 2.85. The molecule has 2 aromatic rings. The van der Waals surface area contributed by atoms with Gasteiger partial charge in [-0.2, -0.15) is 0 Å². The first kappa shape index (κ1) is 13.9. The van der Waals surface area contributed by atoms with Crippen LogP contribution in [0.15, 0.2) is 36.7 Å². The summed E-state index contributed by atoms with van der Waals surface area (Å²) in [5, 5.41) is 3.27. The van der Waals surface area contributed by atoms with Crippen molar-refractivity contribution in [1.82, 2.24) is 14.9 Å². The van der Waals surface area contributed by atoms with Crippen LogP contribution in [-0.2, 0) is 0 Å². The Kier molecular flexibility index (Phi) is 3.79. The van der Waals surface area contributed by atoms with Crippen LogP contribution in [0.4, 0.5) is 14.7 Å². The third-order valence-electron chi connectivity index (χ3n) is 3.81. The molecule has 21 heavy (non-hydrogen) atoms. The second kappa shape index (κ2) is 5.73. The van der Waals surface area contributed by atoms with E-state index in [2.05, 4.69) is 20.2 Å². The lowest BCUT2D eigenvalue weighted by molar-refractivity contribution is 0.307. The quantitative estimate of drug-likeness (QED) is 0.943. The summed E-state index contributed by atoms with van der Waals surface area (Å²) in [7, 11) is 1.97. The smallest absolute Gasteiger partial charge is 0.222 e. The van der Waals surface area contributed by atoms with Gasteiger partial charge >= 0.3 is 0 Å². The fourth-order valence-electron chi connectivity index (χ4n) is 2.82. The standard InChI is InChI=1S/C15H16F2N4/c1-21-8-5-13(20-15-18-6-2-7-19-15)14(21)10-3-4-11(16)12(17)9-10/h2-4,6-7,9,13-14H,5,8H2,1H3,(H,18,19,20)/t13-,14+/m0/s1. The third-order valence-corrected chi connectivity index (χ3v) is 3.81. The number of likely N-dealkylation sites (tertiary alicyclic amines) is 1. The number of aromatic nitrogens is 2. The van der Waals surface area contributed by atoms with Crippen molar-refractivity contribution in [3.63, 3.8) is 0 Å². The first-order chi connectivity index (χ1) is 10.1. The molecule has 6 heteroatoms. The summed E-state index contributed by atoms with van der Waals surface area (Å²) in [5.41, 5.74) is 0.752. The number of benzene rings is 1. The van der Waals surface area contributed by atoms with Gasteiger partial charge in [-0.05, 0) is 37.2 Å². The van der Waals surface area contributed by atoms with E-state index < -0.39 is 11.6 Å². The second-order valence-corrected chi connectivity index (χ2v) is 5.21. The molecule has 1 aliphatic heterocycles. The second-order valence-electron chi connectivity index (χ2n) is 5.21. The van der Waals surface area contributed by atoms with Gasteiger partial charge in [0.05, 0.1) is 6.04 Å². The van der Waals surface area contributed by atoms with Crippen molar-refractivity contribution >= 4 is 5.95 Å². The summed E-state index contributed by atoms with van der Waals surface area (Å²) < 4.78 is 26.6. The van der Waals surface area contributed by atoms with Crippen LogP contribution in [0.5, 0.6) is 0 Å². The number of rotatable bonds is 3. The molecular formula is C15H16F2N4. The Balaban J connectivity index is 1.85. The Bertz CT molecular complexity index is 620. The van der Waals surface area contributed by atoms with Gasteiger partial charge in [0.2, 0.25) is 5.95 Å². The van der Waals surface area contributed by atoms with E-state index in [-0.39, 0.29) is 12.1 Å². The molecule has 0 bridgehead atoms. The van der Waals surface area contributed by atoms with Gasteiger partial charge in [0.25, 0.3) is 0 Å². The topological polar surface area (TPSA) is 41.0 Å². The van der Waals surface area contributed by atoms with Crippen LogP contribution in [0.25, 0.3) is 0 Å². The fraction of sp³-hybridized carbons (Fsp3) is 0.333. The summed E-state index contributed by atoms with van der Waals surface area (Å²) in [6.45, 7) is 0.869. The molecule has 1 aliphatic rings. The minimum absolute atomic E-state index is 0.0380. The van der Waals surface area contributed by atoms with Gasteiger partial charge in [-0.15, -0.1) is 0 Å². The number of halogens is 2. The van der Waals surface area contributed by atoms with Gasteiger partial charge in [0.15, 0.2) is 11.6 Å². The molecule has 1 aromatic carbocycles. The molecule has 3 rings (SSSR count). The molecule has 2 heterocycles. The number of likely N-dealkylation sites (N-methyl/N-ethyl adjacent to an activating group) is 1. The Labute approximate surface area is 121 Å². The summed E-state index contributed by atoms with van der Waals surface area (Å²) in [6, 6.07) is 5.84. The van der Waals surface area contributed by atoms with Gasteiger partial charge in [0, 0.05) is 25.0 Å². The lowest BCUT2D eigenvalue weighted by Crippen LogP contribution is -2.29. The predicted octanol–water partition coefficient (Wildman–Crippen LogP) is 2.61. The molecule has 4 nitrogen and oxygen atoms in total. The van der Waals surface area contributed by atoms with Gasteiger partial charge in [-0.1, -0.05) is 6.07 Å². The van der Waals surface area contributed by atoms with E-state index in [1.54, 1.807) is 24.5 Å². The molecule has 0 aliphatic carbocycles. The first-order valence-corrected chi connectivity index (χ1v) is 6.84. The maximum Gasteiger partial charge on any atom is 0.222 e. The van der Waals surface area contributed by atoms with E-state index in [0.717, 1.165) is 18.5 Å². The monoisotopic (exact) mass is 290 g/mol. The molecule has 2 atom stereocenters. The molecule has 1 fully saturated rings. The number of nitrogens with one attached hydrogen (secondary N) is 1. The van der Waals surface area contributed by atoms with Crippen molar-refractivity contribution in [2.24, 2.45) is 0 Å². The van der Waals surface area contributed by atoms with Gasteiger partial charge in [-0.25, -0.2) is 18.7 Å². The highest BCUT2D eigenvalue weighted by Gasteiger charge is 2.33. The highest BCUT2D eigenvalue weighted by atomic mass is 19.2. The van der Waals surface area contributed by atoms with E-state index in [1.807, 2.05) is 7.05 Å². The Hall–Kier alpha value is -2.08. The average Bonchev–Trinajstić information content (AvgIpc) is 2.84. The summed E-state index contributed by atoms with van der Waals surface area (Å²) in [6.07, 6.45) is 4.22. The van der Waals surface area contributed by atoms with Gasteiger partial charge in [-0.3, -0.25) is 4.90 Å². The zero-order valence-corrected chi connectivity index (χ0v) is 11.6. The van der Waals surface area contributed by atoms with Crippen molar-refractivity contribution < 1.29 is 8.78 Å². The maximum absolute atomic E-state index is 13.5. The lowest BCUT2D eigenvalue weighted by Gasteiger charge is -2.26. The SMILES string of the molecule is CN1CC[C@H](Nc2ncccn2)[C@H]1c1ccc(F)c(F)c1. The summed E-state index contributed by atoms with van der Waals surface area (Å²) >= 11 is 0. The van der Waals surface area contributed by atoms with E-state index in [4.69, 9.17) is 0 Å². The fourth-order valence-corrected chi connectivity index (χ4v) is 2.82. The molecule has 0 radical (unpaired) electrons. The molecule has 1 aromatic heterocycles. The highest BCUT2D eigenvalue weighted by molar-refractivity contribution is 5.31. The zero-order chi connectivity index (χ0) is 14.8. The summed E-state index contributed by atoms with van der Waals surface area (Å²) in [4.78, 5) is 10.4. The molecule has 0 spiro atoms. The Morgan fingerprint density at radius 2 is 1.95 bits per heavy atom. The van der Waals surface area contributed by atoms with Crippen LogP contribution in [0, 0.1) is 11.6 Å². The van der Waals surface area contributed by atoms with Crippen molar-refractivity contribution in [3.8, 4) is 0 Å². The molecule has 1 N–H and O–H groups in total. The number of hydrogen-bond acceptors (Lipinski definition) is 4. The average molecular weight is 290 g/mol. The highest BCUT2D eigenvalue weighted by Crippen LogP contribution is 2.33. The van der Waals surface area contributed by atoms with E-state index in [1.165, 1.54) is 12.1 Å². The number of nitrogens with zero attached hydrogens (tertiary/aromatic N) is 3. The number of hydrogen-bond donors (Lipinski definition) is 1. The van der Waals surface area contributed by atoms with Crippen LogP contribution >= 0.6 is 0 Å². The number of anilines is 1. The molecule has 0 saturated carbocycles. The Morgan fingerprint density at radius 1 is 1.19 bits per heavy atom.